The van der Waals surface area contributed by atoms with Gasteiger partial charge < -0.3 is 10.4 Å². The van der Waals surface area contributed by atoms with Gasteiger partial charge in [-0.15, -0.1) is 11.3 Å². The summed E-state index contributed by atoms with van der Waals surface area (Å²) in [5.41, 5.74) is 0.976. The molecule has 1 atom stereocenters. The lowest BCUT2D eigenvalue weighted by Gasteiger charge is -2.35. The summed E-state index contributed by atoms with van der Waals surface area (Å²) in [5.74, 6) is 0.351. The minimum absolute atomic E-state index is 0.134. The molecule has 2 aromatic rings. The van der Waals surface area contributed by atoms with Crippen LogP contribution >= 0.6 is 27.3 Å². The number of piperazine rings is 1. The van der Waals surface area contributed by atoms with E-state index in [1.165, 1.54) is 4.88 Å². The summed E-state index contributed by atoms with van der Waals surface area (Å²) in [4.78, 5) is 3.71. The molecule has 0 bridgehead atoms. The molecule has 0 amide bonds. The molecule has 1 saturated heterocycles. The number of hydrogen-bond acceptors (Lipinski definition) is 4. The summed E-state index contributed by atoms with van der Waals surface area (Å²) in [7, 11) is 0. The van der Waals surface area contributed by atoms with Crippen molar-refractivity contribution in [2.24, 2.45) is 0 Å². The Bertz CT molecular complexity index is 567. The molecule has 3 nitrogen and oxygen atoms in total. The fourth-order valence-electron chi connectivity index (χ4n) is 2.67. The minimum Gasteiger partial charge on any atom is -0.506 e. The van der Waals surface area contributed by atoms with Crippen LogP contribution in [0, 0.1) is 0 Å². The number of aromatic hydroxyl groups is 1. The third-order valence-electron chi connectivity index (χ3n) is 3.64. The van der Waals surface area contributed by atoms with Crippen LogP contribution in [0.3, 0.4) is 0 Å². The van der Waals surface area contributed by atoms with Gasteiger partial charge in [-0.1, -0.05) is 18.2 Å². The lowest BCUT2D eigenvalue weighted by atomic mass is 10.0. The van der Waals surface area contributed by atoms with E-state index >= 15 is 0 Å². The van der Waals surface area contributed by atoms with E-state index in [2.05, 4.69) is 43.7 Å². The second kappa shape index (κ2) is 6.26. The predicted octanol–water partition coefficient (Wildman–Crippen LogP) is 3.21. The Morgan fingerprint density at radius 1 is 1.20 bits per heavy atom. The fourth-order valence-corrected chi connectivity index (χ4v) is 3.93. The van der Waals surface area contributed by atoms with Crippen LogP contribution in [0.25, 0.3) is 0 Å². The molecule has 2 N–H and O–H groups in total. The highest BCUT2D eigenvalue weighted by Gasteiger charge is 2.27. The Balaban J connectivity index is 2.03. The van der Waals surface area contributed by atoms with Crippen molar-refractivity contribution >= 4 is 27.3 Å². The number of thiophene rings is 1. The molecular weight excluding hydrogens is 336 g/mol. The Kier molecular flexibility index (Phi) is 4.41. The minimum atomic E-state index is 0.134. The van der Waals surface area contributed by atoms with Crippen LogP contribution in [0.5, 0.6) is 5.75 Å². The molecule has 20 heavy (non-hydrogen) atoms. The first-order valence-corrected chi connectivity index (χ1v) is 8.40. The van der Waals surface area contributed by atoms with Crippen LogP contribution < -0.4 is 5.32 Å². The molecule has 2 heterocycles. The van der Waals surface area contributed by atoms with Crippen LogP contribution in [0.2, 0.25) is 0 Å². The van der Waals surface area contributed by atoms with Gasteiger partial charge in [0, 0.05) is 36.6 Å². The molecule has 0 aliphatic carbocycles. The number of phenolic OH excluding ortho intramolecular Hbond substituents is 1. The number of rotatable bonds is 3. The zero-order valence-electron chi connectivity index (χ0n) is 11.1. The maximum Gasteiger partial charge on any atom is 0.134 e. The number of halogens is 1. The summed E-state index contributed by atoms with van der Waals surface area (Å²) in [6.07, 6.45) is 0. The van der Waals surface area contributed by atoms with Gasteiger partial charge in [0.05, 0.1) is 10.5 Å². The van der Waals surface area contributed by atoms with Crippen molar-refractivity contribution in [1.29, 1.82) is 0 Å². The standard InChI is InChI=1S/C15H17BrN2OS/c16-12-4-1-3-11(15(12)19)14(13-5-2-10-20-13)18-8-6-17-7-9-18/h1-5,10,14,17,19H,6-9H2/t14-/m0/s1. The Morgan fingerprint density at radius 3 is 2.70 bits per heavy atom. The third kappa shape index (κ3) is 2.76. The van der Waals surface area contributed by atoms with Gasteiger partial charge in [-0.25, -0.2) is 0 Å². The van der Waals surface area contributed by atoms with Crippen molar-refractivity contribution in [1.82, 2.24) is 10.2 Å². The fraction of sp³-hybridized carbons (Fsp3) is 0.333. The van der Waals surface area contributed by atoms with Crippen molar-refractivity contribution < 1.29 is 5.11 Å². The lowest BCUT2D eigenvalue weighted by Crippen LogP contribution is -2.45. The van der Waals surface area contributed by atoms with Gasteiger partial charge >= 0.3 is 0 Å². The summed E-state index contributed by atoms with van der Waals surface area (Å²) >= 11 is 5.17. The van der Waals surface area contributed by atoms with Gasteiger partial charge in [-0.05, 0) is 33.4 Å². The summed E-state index contributed by atoms with van der Waals surface area (Å²) in [6.45, 7) is 3.98. The van der Waals surface area contributed by atoms with E-state index < -0.39 is 0 Å². The van der Waals surface area contributed by atoms with E-state index in [1.807, 2.05) is 18.2 Å². The van der Waals surface area contributed by atoms with Crippen molar-refractivity contribution in [3.05, 3.63) is 50.6 Å². The Labute approximate surface area is 131 Å². The number of nitrogens with zero attached hydrogens (tertiary/aromatic N) is 1. The number of phenols is 1. The molecule has 0 unspecified atom stereocenters. The quantitative estimate of drug-likeness (QED) is 0.890. The molecule has 0 spiro atoms. The van der Waals surface area contributed by atoms with Gasteiger partial charge in [0.25, 0.3) is 0 Å². The monoisotopic (exact) mass is 352 g/mol. The van der Waals surface area contributed by atoms with Crippen LogP contribution in [0.15, 0.2) is 40.2 Å². The van der Waals surface area contributed by atoms with Crippen LogP contribution in [0.4, 0.5) is 0 Å². The van der Waals surface area contributed by atoms with E-state index in [1.54, 1.807) is 11.3 Å². The molecule has 1 aromatic carbocycles. The summed E-state index contributed by atoms with van der Waals surface area (Å²) < 4.78 is 0.756. The van der Waals surface area contributed by atoms with Crippen molar-refractivity contribution in [3.63, 3.8) is 0 Å². The van der Waals surface area contributed by atoms with Gasteiger partial charge in [-0.3, -0.25) is 4.90 Å². The molecule has 1 aromatic heterocycles. The lowest BCUT2D eigenvalue weighted by molar-refractivity contribution is 0.198. The van der Waals surface area contributed by atoms with E-state index in [9.17, 15) is 5.11 Å². The molecule has 1 aliphatic rings. The van der Waals surface area contributed by atoms with Gasteiger partial charge in [0.2, 0.25) is 0 Å². The topological polar surface area (TPSA) is 35.5 Å². The zero-order chi connectivity index (χ0) is 13.9. The number of para-hydroxylation sites is 1. The highest BCUT2D eigenvalue weighted by Crippen LogP contribution is 2.39. The number of benzene rings is 1. The highest BCUT2D eigenvalue weighted by atomic mass is 79.9. The van der Waals surface area contributed by atoms with E-state index in [0.717, 1.165) is 36.2 Å². The van der Waals surface area contributed by atoms with Crippen LogP contribution in [-0.4, -0.2) is 36.2 Å². The first-order valence-electron chi connectivity index (χ1n) is 6.73. The smallest absolute Gasteiger partial charge is 0.134 e. The highest BCUT2D eigenvalue weighted by molar-refractivity contribution is 9.10. The molecule has 1 fully saturated rings. The molecule has 0 radical (unpaired) electrons. The normalized spacial score (nSPS) is 18.1. The third-order valence-corrected chi connectivity index (χ3v) is 5.21. The van der Waals surface area contributed by atoms with Gasteiger partial charge in [0.15, 0.2) is 0 Å². The van der Waals surface area contributed by atoms with E-state index in [-0.39, 0.29) is 6.04 Å². The first-order chi connectivity index (χ1) is 9.77. The molecule has 0 saturated carbocycles. The van der Waals surface area contributed by atoms with E-state index in [4.69, 9.17) is 0 Å². The Hall–Kier alpha value is -0.880. The first kappa shape index (κ1) is 14.1. The predicted molar refractivity (Wildman–Crippen MR) is 86.4 cm³/mol. The number of nitrogens with one attached hydrogen (secondary N) is 1. The maximum atomic E-state index is 10.4. The molecule has 3 rings (SSSR count). The second-order valence-electron chi connectivity index (χ2n) is 4.88. The second-order valence-corrected chi connectivity index (χ2v) is 6.72. The molecular formula is C15H17BrN2OS. The molecule has 1 aliphatic heterocycles. The Morgan fingerprint density at radius 2 is 2.00 bits per heavy atom. The molecule has 5 heteroatoms. The van der Waals surface area contributed by atoms with Crippen LogP contribution in [-0.2, 0) is 0 Å². The van der Waals surface area contributed by atoms with Crippen molar-refractivity contribution in [3.8, 4) is 5.75 Å². The van der Waals surface area contributed by atoms with Gasteiger partial charge in [0.1, 0.15) is 5.75 Å². The largest absolute Gasteiger partial charge is 0.506 e. The SMILES string of the molecule is Oc1c(Br)cccc1[C@@H](c1cccs1)N1CCNCC1. The average Bonchev–Trinajstić information content (AvgIpc) is 2.99. The average molecular weight is 353 g/mol. The summed E-state index contributed by atoms with van der Waals surface area (Å²) in [5, 5.41) is 15.9. The van der Waals surface area contributed by atoms with E-state index in [0.29, 0.717) is 5.75 Å². The van der Waals surface area contributed by atoms with Crippen LogP contribution in [0.1, 0.15) is 16.5 Å². The maximum absolute atomic E-state index is 10.4. The van der Waals surface area contributed by atoms with Crippen molar-refractivity contribution in [2.75, 3.05) is 26.2 Å². The van der Waals surface area contributed by atoms with Gasteiger partial charge in [-0.2, -0.15) is 0 Å². The zero-order valence-corrected chi connectivity index (χ0v) is 13.5. The number of hydrogen-bond donors (Lipinski definition) is 2. The molecule has 106 valence electrons. The van der Waals surface area contributed by atoms with Crippen molar-refractivity contribution in [2.45, 2.75) is 6.04 Å². The summed E-state index contributed by atoms with van der Waals surface area (Å²) in [6, 6.07) is 10.2.